The van der Waals surface area contributed by atoms with E-state index in [1.807, 2.05) is 24.3 Å². The first-order chi connectivity index (χ1) is 11.1. The summed E-state index contributed by atoms with van der Waals surface area (Å²) in [5.41, 5.74) is 1.09. The zero-order valence-electron chi connectivity index (χ0n) is 13.9. The summed E-state index contributed by atoms with van der Waals surface area (Å²) in [5, 5.41) is 7.15. The zero-order valence-corrected chi connectivity index (χ0v) is 13.9. The minimum atomic E-state index is -0.000207. The van der Waals surface area contributed by atoms with Crippen molar-refractivity contribution in [1.82, 2.24) is 20.1 Å². The van der Waals surface area contributed by atoms with Gasteiger partial charge >= 0.3 is 0 Å². The van der Waals surface area contributed by atoms with Crippen LogP contribution >= 0.6 is 0 Å². The van der Waals surface area contributed by atoms with Crippen molar-refractivity contribution in [2.45, 2.75) is 39.3 Å². The minimum Gasteiger partial charge on any atom is -0.497 e. The lowest BCUT2D eigenvalue weighted by Crippen LogP contribution is -2.31. The van der Waals surface area contributed by atoms with Crippen LogP contribution in [-0.2, 0) is 11.3 Å². The van der Waals surface area contributed by atoms with E-state index in [1.54, 1.807) is 18.1 Å². The van der Waals surface area contributed by atoms with Gasteiger partial charge < -0.3 is 10.1 Å². The highest BCUT2D eigenvalue weighted by molar-refractivity contribution is 5.76. The maximum Gasteiger partial charge on any atom is 0.220 e. The molecule has 0 saturated carbocycles. The van der Waals surface area contributed by atoms with Crippen molar-refractivity contribution in [2.75, 3.05) is 7.11 Å². The number of nitrogens with one attached hydrogen (secondary N) is 1. The van der Waals surface area contributed by atoms with E-state index in [-0.39, 0.29) is 11.9 Å². The summed E-state index contributed by atoms with van der Waals surface area (Å²) in [6.45, 7) is 4.90. The number of hydrogen-bond donors (Lipinski definition) is 1. The van der Waals surface area contributed by atoms with E-state index in [9.17, 15) is 4.79 Å². The van der Waals surface area contributed by atoms with Crippen molar-refractivity contribution in [3.05, 3.63) is 42.5 Å². The van der Waals surface area contributed by atoms with Crippen molar-refractivity contribution in [1.29, 1.82) is 0 Å². The Morgan fingerprint density at radius 1 is 1.30 bits per heavy atom. The fraction of sp³-hybridized carbons (Fsp3) is 0.471. The number of benzene rings is 1. The molecule has 0 aliphatic heterocycles. The predicted molar refractivity (Wildman–Crippen MR) is 88.0 cm³/mol. The molecule has 1 unspecified atom stereocenters. The SMILES string of the molecule is COc1ccc(C(NC(=O)CCCn2cncn2)C(C)C)cc1. The van der Waals surface area contributed by atoms with Gasteiger partial charge in [-0.25, -0.2) is 4.98 Å². The average molecular weight is 316 g/mol. The van der Waals surface area contributed by atoms with Gasteiger partial charge in [0.15, 0.2) is 0 Å². The molecule has 124 valence electrons. The molecule has 1 aromatic carbocycles. The van der Waals surface area contributed by atoms with Crippen LogP contribution in [0.15, 0.2) is 36.9 Å². The molecule has 1 amide bonds. The number of nitrogens with zero attached hydrogens (tertiary/aromatic N) is 3. The van der Waals surface area contributed by atoms with Crippen LogP contribution < -0.4 is 10.1 Å². The maximum absolute atomic E-state index is 12.2. The number of carbonyl (C=O) groups is 1. The molecule has 0 bridgehead atoms. The summed E-state index contributed by atoms with van der Waals surface area (Å²) in [6, 6.07) is 7.83. The number of rotatable bonds is 8. The van der Waals surface area contributed by atoms with Crippen LogP contribution in [0.1, 0.15) is 38.3 Å². The summed E-state index contributed by atoms with van der Waals surface area (Å²) >= 11 is 0. The van der Waals surface area contributed by atoms with Gasteiger partial charge in [0.2, 0.25) is 5.91 Å². The Hall–Kier alpha value is -2.37. The monoisotopic (exact) mass is 316 g/mol. The maximum atomic E-state index is 12.2. The lowest BCUT2D eigenvalue weighted by molar-refractivity contribution is -0.122. The van der Waals surface area contributed by atoms with E-state index in [0.717, 1.165) is 17.7 Å². The Labute approximate surface area is 136 Å². The lowest BCUT2D eigenvalue weighted by atomic mass is 9.95. The molecule has 2 aromatic rings. The van der Waals surface area contributed by atoms with Gasteiger partial charge in [0, 0.05) is 13.0 Å². The van der Waals surface area contributed by atoms with Crippen molar-refractivity contribution in [3.8, 4) is 5.75 Å². The van der Waals surface area contributed by atoms with Crippen LogP contribution in [0.2, 0.25) is 0 Å². The zero-order chi connectivity index (χ0) is 16.7. The third-order valence-electron chi connectivity index (χ3n) is 3.72. The standard InChI is InChI=1S/C17H24N4O2/c1-13(2)17(14-6-8-15(23-3)9-7-14)20-16(22)5-4-10-21-12-18-11-19-21/h6-9,11-13,17H,4-5,10H2,1-3H3,(H,20,22). The molecule has 2 rings (SSSR count). The van der Waals surface area contributed by atoms with Crippen molar-refractivity contribution < 1.29 is 9.53 Å². The molecule has 6 nitrogen and oxygen atoms in total. The highest BCUT2D eigenvalue weighted by atomic mass is 16.5. The van der Waals surface area contributed by atoms with Crippen molar-refractivity contribution >= 4 is 5.91 Å². The fourth-order valence-electron chi connectivity index (χ4n) is 2.44. The molecule has 1 N–H and O–H groups in total. The second-order valence-electron chi connectivity index (χ2n) is 5.82. The summed E-state index contributed by atoms with van der Waals surface area (Å²) in [6.07, 6.45) is 4.37. The van der Waals surface area contributed by atoms with Gasteiger partial charge in [0.25, 0.3) is 0 Å². The van der Waals surface area contributed by atoms with Crippen LogP contribution in [0.4, 0.5) is 0 Å². The highest BCUT2D eigenvalue weighted by Gasteiger charge is 2.18. The first kappa shape index (κ1) is 17.0. The molecular formula is C17H24N4O2. The number of amides is 1. The molecule has 0 fully saturated rings. The number of hydrogen-bond acceptors (Lipinski definition) is 4. The highest BCUT2D eigenvalue weighted by Crippen LogP contribution is 2.24. The molecule has 0 aliphatic carbocycles. The molecule has 6 heteroatoms. The van der Waals surface area contributed by atoms with Crippen LogP contribution in [0, 0.1) is 5.92 Å². The normalized spacial score (nSPS) is 12.2. The average Bonchev–Trinajstić information content (AvgIpc) is 3.06. The van der Waals surface area contributed by atoms with E-state index < -0.39 is 0 Å². The third kappa shape index (κ3) is 5.09. The molecular weight excluding hydrogens is 292 g/mol. The Bertz CT molecular complexity index is 594. The first-order valence-electron chi connectivity index (χ1n) is 7.86. The predicted octanol–water partition coefficient (Wildman–Crippen LogP) is 2.58. The molecule has 23 heavy (non-hydrogen) atoms. The molecule has 1 atom stereocenters. The van der Waals surface area contributed by atoms with E-state index in [4.69, 9.17) is 4.74 Å². The Kier molecular flexibility index (Phi) is 6.14. The van der Waals surface area contributed by atoms with Gasteiger partial charge in [-0.05, 0) is 30.0 Å². The summed E-state index contributed by atoms with van der Waals surface area (Å²) < 4.78 is 6.91. The number of methoxy groups -OCH3 is 1. The summed E-state index contributed by atoms with van der Waals surface area (Å²) in [5.74, 6) is 1.18. The number of aromatic nitrogens is 3. The largest absolute Gasteiger partial charge is 0.497 e. The van der Waals surface area contributed by atoms with Crippen molar-refractivity contribution in [2.24, 2.45) is 5.92 Å². The quantitative estimate of drug-likeness (QED) is 0.812. The first-order valence-corrected chi connectivity index (χ1v) is 7.86. The molecule has 0 radical (unpaired) electrons. The van der Waals surface area contributed by atoms with Gasteiger partial charge in [0.05, 0.1) is 13.2 Å². The molecule has 1 aromatic heterocycles. The number of carbonyl (C=O) groups excluding carboxylic acids is 1. The lowest BCUT2D eigenvalue weighted by Gasteiger charge is -2.23. The van der Waals surface area contributed by atoms with E-state index >= 15 is 0 Å². The summed E-state index contributed by atoms with van der Waals surface area (Å²) in [7, 11) is 1.64. The smallest absolute Gasteiger partial charge is 0.220 e. The van der Waals surface area contributed by atoms with E-state index in [2.05, 4.69) is 29.2 Å². The fourth-order valence-corrected chi connectivity index (χ4v) is 2.44. The van der Waals surface area contributed by atoms with E-state index in [0.29, 0.717) is 18.9 Å². The van der Waals surface area contributed by atoms with Gasteiger partial charge in [0.1, 0.15) is 18.4 Å². The van der Waals surface area contributed by atoms with Gasteiger partial charge in [-0.2, -0.15) is 5.10 Å². The van der Waals surface area contributed by atoms with Crippen LogP contribution in [0.25, 0.3) is 0 Å². The Morgan fingerprint density at radius 3 is 2.61 bits per heavy atom. The Morgan fingerprint density at radius 2 is 2.04 bits per heavy atom. The third-order valence-corrected chi connectivity index (χ3v) is 3.72. The van der Waals surface area contributed by atoms with Crippen LogP contribution in [-0.4, -0.2) is 27.8 Å². The second-order valence-corrected chi connectivity index (χ2v) is 5.82. The molecule has 0 aliphatic rings. The van der Waals surface area contributed by atoms with E-state index in [1.165, 1.54) is 6.33 Å². The Balaban J connectivity index is 1.88. The van der Waals surface area contributed by atoms with Gasteiger partial charge in [-0.15, -0.1) is 0 Å². The minimum absolute atomic E-state index is 0.000207. The molecule has 1 heterocycles. The molecule has 0 spiro atoms. The summed E-state index contributed by atoms with van der Waals surface area (Å²) in [4.78, 5) is 16.1. The van der Waals surface area contributed by atoms with Crippen molar-refractivity contribution in [3.63, 3.8) is 0 Å². The topological polar surface area (TPSA) is 69.0 Å². The van der Waals surface area contributed by atoms with Gasteiger partial charge in [-0.3, -0.25) is 9.48 Å². The molecule has 0 saturated heterocycles. The number of aryl methyl sites for hydroxylation is 1. The number of ether oxygens (including phenoxy) is 1. The van der Waals surface area contributed by atoms with Crippen LogP contribution in [0.5, 0.6) is 5.75 Å². The van der Waals surface area contributed by atoms with Crippen LogP contribution in [0.3, 0.4) is 0 Å². The second kappa shape index (κ2) is 8.31. The van der Waals surface area contributed by atoms with Gasteiger partial charge in [-0.1, -0.05) is 26.0 Å².